The highest BCUT2D eigenvalue weighted by Gasteiger charge is 2.02. The molecule has 0 N–H and O–H groups in total. The van der Waals surface area contributed by atoms with Gasteiger partial charge in [-0.3, -0.25) is 4.79 Å². The van der Waals surface area contributed by atoms with Crippen LogP contribution >= 0.6 is 0 Å². The highest BCUT2D eigenvalue weighted by atomic mass is 19.1. The van der Waals surface area contributed by atoms with Crippen LogP contribution in [0.25, 0.3) is 6.08 Å². The highest BCUT2D eigenvalue weighted by molar-refractivity contribution is 5.98. The van der Waals surface area contributed by atoms with Crippen molar-refractivity contribution in [3.05, 3.63) is 40.7 Å². The summed E-state index contributed by atoms with van der Waals surface area (Å²) in [6.07, 6.45) is 2.29. The molecule has 0 saturated heterocycles. The third kappa shape index (κ3) is 3.01. The fourth-order valence-corrected chi connectivity index (χ4v) is 1.37. The van der Waals surface area contributed by atoms with Gasteiger partial charge in [0, 0.05) is 6.42 Å². The third-order valence-electron chi connectivity index (χ3n) is 2.33. The second-order valence-electron chi connectivity index (χ2n) is 3.61. The van der Waals surface area contributed by atoms with E-state index < -0.39 is 0 Å². The van der Waals surface area contributed by atoms with Crippen LogP contribution in [0, 0.1) is 12.7 Å². The van der Waals surface area contributed by atoms with Crippen molar-refractivity contribution in [1.29, 1.82) is 0 Å². The molecule has 2 heteroatoms. The minimum atomic E-state index is -0.216. The van der Waals surface area contributed by atoms with Crippen LogP contribution in [0.15, 0.2) is 23.8 Å². The summed E-state index contributed by atoms with van der Waals surface area (Å²) in [5, 5.41) is 0. The number of hydrogen-bond acceptors (Lipinski definition) is 1. The van der Waals surface area contributed by atoms with E-state index in [0.717, 1.165) is 5.56 Å². The van der Waals surface area contributed by atoms with E-state index in [1.807, 2.05) is 6.92 Å². The van der Waals surface area contributed by atoms with Gasteiger partial charge in [0.25, 0.3) is 0 Å². The van der Waals surface area contributed by atoms with E-state index in [-0.39, 0.29) is 11.6 Å². The fourth-order valence-electron chi connectivity index (χ4n) is 1.37. The van der Waals surface area contributed by atoms with E-state index in [1.54, 1.807) is 32.1 Å². The first kappa shape index (κ1) is 11.6. The SMILES string of the molecule is CCC(=O)C(C)=Cc1ccc(F)c(C)c1. The van der Waals surface area contributed by atoms with Crippen molar-refractivity contribution in [2.45, 2.75) is 27.2 Å². The number of Topliss-reactive ketones (excluding diaryl/α,β-unsaturated/α-hetero) is 1. The largest absolute Gasteiger partial charge is 0.295 e. The van der Waals surface area contributed by atoms with Gasteiger partial charge < -0.3 is 0 Å². The average molecular weight is 206 g/mol. The number of benzene rings is 1. The molecule has 0 saturated carbocycles. The summed E-state index contributed by atoms with van der Waals surface area (Å²) in [4.78, 5) is 11.3. The molecule has 0 heterocycles. The van der Waals surface area contributed by atoms with E-state index in [4.69, 9.17) is 0 Å². The molecule has 0 atom stereocenters. The van der Waals surface area contributed by atoms with Crippen LogP contribution in [0.2, 0.25) is 0 Å². The molecule has 1 aromatic carbocycles. The van der Waals surface area contributed by atoms with Crippen molar-refractivity contribution >= 4 is 11.9 Å². The number of rotatable bonds is 3. The minimum Gasteiger partial charge on any atom is -0.295 e. The molecule has 0 spiro atoms. The molecule has 0 aliphatic carbocycles. The van der Waals surface area contributed by atoms with Gasteiger partial charge in [0.05, 0.1) is 0 Å². The molecule has 80 valence electrons. The summed E-state index contributed by atoms with van der Waals surface area (Å²) < 4.78 is 13.0. The van der Waals surface area contributed by atoms with Crippen LogP contribution in [0.1, 0.15) is 31.4 Å². The molecular weight excluding hydrogens is 191 g/mol. The Bertz CT molecular complexity index is 405. The maximum Gasteiger partial charge on any atom is 0.158 e. The standard InChI is InChI=1S/C13H15FO/c1-4-13(15)10(3)8-11-5-6-12(14)9(2)7-11/h5-8H,4H2,1-3H3. The summed E-state index contributed by atoms with van der Waals surface area (Å²) in [6, 6.07) is 4.83. The van der Waals surface area contributed by atoms with Gasteiger partial charge in [-0.1, -0.05) is 13.0 Å². The minimum absolute atomic E-state index is 0.122. The number of hydrogen-bond donors (Lipinski definition) is 0. The van der Waals surface area contributed by atoms with Crippen LogP contribution in [-0.2, 0) is 4.79 Å². The lowest BCUT2D eigenvalue weighted by atomic mass is 10.1. The first-order valence-electron chi connectivity index (χ1n) is 5.02. The highest BCUT2D eigenvalue weighted by Crippen LogP contribution is 2.13. The smallest absolute Gasteiger partial charge is 0.158 e. The van der Waals surface area contributed by atoms with E-state index in [2.05, 4.69) is 0 Å². The van der Waals surface area contributed by atoms with Gasteiger partial charge in [-0.2, -0.15) is 0 Å². The van der Waals surface area contributed by atoms with Gasteiger partial charge in [0.15, 0.2) is 5.78 Å². The monoisotopic (exact) mass is 206 g/mol. The molecule has 1 rings (SSSR count). The Balaban J connectivity index is 2.98. The predicted molar refractivity (Wildman–Crippen MR) is 60.1 cm³/mol. The molecule has 0 amide bonds. The summed E-state index contributed by atoms with van der Waals surface area (Å²) >= 11 is 0. The summed E-state index contributed by atoms with van der Waals surface area (Å²) in [5.41, 5.74) is 2.18. The molecule has 0 radical (unpaired) electrons. The fraction of sp³-hybridized carbons (Fsp3) is 0.308. The zero-order chi connectivity index (χ0) is 11.4. The van der Waals surface area contributed by atoms with E-state index >= 15 is 0 Å². The Hall–Kier alpha value is -1.44. The number of carbonyl (C=O) groups excluding carboxylic acids is 1. The first-order chi connectivity index (χ1) is 7.04. The Morgan fingerprint density at radius 2 is 2.13 bits per heavy atom. The van der Waals surface area contributed by atoms with E-state index in [0.29, 0.717) is 17.6 Å². The van der Waals surface area contributed by atoms with Crippen LogP contribution in [0.4, 0.5) is 4.39 Å². The Morgan fingerprint density at radius 3 is 2.67 bits per heavy atom. The van der Waals surface area contributed by atoms with Gasteiger partial charge >= 0.3 is 0 Å². The number of carbonyl (C=O) groups is 1. The van der Waals surface area contributed by atoms with Crippen molar-refractivity contribution in [3.8, 4) is 0 Å². The van der Waals surface area contributed by atoms with Crippen molar-refractivity contribution < 1.29 is 9.18 Å². The number of halogens is 1. The van der Waals surface area contributed by atoms with Crippen molar-refractivity contribution in [2.24, 2.45) is 0 Å². The normalized spacial score (nSPS) is 11.6. The number of ketones is 1. The van der Waals surface area contributed by atoms with Crippen molar-refractivity contribution in [2.75, 3.05) is 0 Å². The molecule has 1 aromatic rings. The lowest BCUT2D eigenvalue weighted by Crippen LogP contribution is -1.96. The molecule has 0 aliphatic heterocycles. The zero-order valence-electron chi connectivity index (χ0n) is 9.30. The van der Waals surface area contributed by atoms with Crippen LogP contribution < -0.4 is 0 Å². The quantitative estimate of drug-likeness (QED) is 0.691. The van der Waals surface area contributed by atoms with E-state index in [1.165, 1.54) is 6.07 Å². The van der Waals surface area contributed by atoms with Crippen LogP contribution in [0.3, 0.4) is 0 Å². The predicted octanol–water partition coefficient (Wildman–Crippen LogP) is 3.52. The Kier molecular flexibility index (Phi) is 3.78. The Labute approximate surface area is 89.6 Å². The summed E-state index contributed by atoms with van der Waals surface area (Å²) in [5.74, 6) is -0.0939. The maximum absolute atomic E-state index is 13.0. The van der Waals surface area contributed by atoms with Crippen LogP contribution in [0.5, 0.6) is 0 Å². The van der Waals surface area contributed by atoms with Crippen molar-refractivity contribution in [3.63, 3.8) is 0 Å². The Morgan fingerprint density at radius 1 is 1.47 bits per heavy atom. The maximum atomic E-state index is 13.0. The summed E-state index contributed by atoms with van der Waals surface area (Å²) in [6.45, 7) is 5.32. The first-order valence-corrected chi connectivity index (χ1v) is 5.02. The second-order valence-corrected chi connectivity index (χ2v) is 3.61. The van der Waals surface area contributed by atoms with E-state index in [9.17, 15) is 9.18 Å². The average Bonchev–Trinajstić information content (AvgIpc) is 2.22. The zero-order valence-corrected chi connectivity index (χ0v) is 9.30. The topological polar surface area (TPSA) is 17.1 Å². The molecule has 0 unspecified atom stereocenters. The van der Waals surface area contributed by atoms with Crippen LogP contribution in [-0.4, -0.2) is 5.78 Å². The molecule has 0 fully saturated rings. The van der Waals surface area contributed by atoms with Gasteiger partial charge in [-0.05, 0) is 48.8 Å². The van der Waals surface area contributed by atoms with Crippen molar-refractivity contribution in [1.82, 2.24) is 0 Å². The number of aryl methyl sites for hydroxylation is 1. The second kappa shape index (κ2) is 4.87. The summed E-state index contributed by atoms with van der Waals surface area (Å²) in [7, 11) is 0. The molecule has 0 bridgehead atoms. The molecule has 15 heavy (non-hydrogen) atoms. The molecular formula is C13H15FO. The van der Waals surface area contributed by atoms with Gasteiger partial charge in [-0.25, -0.2) is 4.39 Å². The molecule has 1 nitrogen and oxygen atoms in total. The number of allylic oxidation sites excluding steroid dienone is 1. The van der Waals surface area contributed by atoms with Gasteiger partial charge in [0.2, 0.25) is 0 Å². The molecule has 0 aromatic heterocycles. The third-order valence-corrected chi connectivity index (χ3v) is 2.33. The van der Waals surface area contributed by atoms with Gasteiger partial charge in [0.1, 0.15) is 5.82 Å². The lowest BCUT2D eigenvalue weighted by Gasteiger charge is -2.00. The molecule has 0 aliphatic rings. The lowest BCUT2D eigenvalue weighted by molar-refractivity contribution is -0.115. The van der Waals surface area contributed by atoms with Gasteiger partial charge in [-0.15, -0.1) is 0 Å².